The zero-order valence-electron chi connectivity index (χ0n) is 19.0. The predicted molar refractivity (Wildman–Crippen MR) is 140 cm³/mol. The number of aromatic nitrogens is 1. The van der Waals surface area contributed by atoms with Crippen molar-refractivity contribution in [2.75, 3.05) is 11.9 Å². The molecule has 0 aliphatic carbocycles. The van der Waals surface area contributed by atoms with Crippen molar-refractivity contribution >= 4 is 28.1 Å². The van der Waals surface area contributed by atoms with Crippen molar-refractivity contribution in [2.24, 2.45) is 5.16 Å². The zero-order valence-corrected chi connectivity index (χ0v) is 19.8. The third kappa shape index (κ3) is 5.31. The van der Waals surface area contributed by atoms with Gasteiger partial charge in [-0.05, 0) is 16.7 Å². The number of carboxylic acid groups (broad SMARTS) is 1. The van der Waals surface area contributed by atoms with Gasteiger partial charge < -0.3 is 15.3 Å². The topological polar surface area (TPSA) is 83.8 Å². The van der Waals surface area contributed by atoms with Crippen LogP contribution in [0.4, 0.5) is 5.13 Å². The number of nitrogens with one attached hydrogen (secondary N) is 1. The Morgan fingerprint density at radius 1 is 0.971 bits per heavy atom. The molecule has 4 rings (SSSR count). The number of carboxylic acids is 1. The van der Waals surface area contributed by atoms with E-state index < -0.39 is 11.5 Å². The standard InChI is InChI=1S/C28H25N3O3S/c1-2-3-19-34-31-25(26(32)33)24-20-35-27(29-24)30-28(21-13-7-4-8-14-21,22-15-9-5-10-16-22)23-17-11-6-12-18-23/h2,4-18,20H,1,3,19H2,(H,29,30)(H,32,33)/b31-25+. The van der Waals surface area contributed by atoms with E-state index >= 15 is 0 Å². The Hall–Kier alpha value is -4.23. The highest BCUT2D eigenvalue weighted by atomic mass is 32.1. The molecular formula is C28H25N3O3S. The molecule has 0 aliphatic rings. The van der Waals surface area contributed by atoms with Gasteiger partial charge in [-0.15, -0.1) is 17.9 Å². The van der Waals surface area contributed by atoms with Gasteiger partial charge in [0.2, 0.25) is 5.71 Å². The van der Waals surface area contributed by atoms with Crippen molar-refractivity contribution in [3.05, 3.63) is 131 Å². The minimum absolute atomic E-state index is 0.228. The van der Waals surface area contributed by atoms with Crippen molar-refractivity contribution in [1.82, 2.24) is 4.98 Å². The van der Waals surface area contributed by atoms with E-state index in [-0.39, 0.29) is 18.0 Å². The fourth-order valence-electron chi connectivity index (χ4n) is 3.82. The van der Waals surface area contributed by atoms with E-state index in [1.807, 2.05) is 54.6 Å². The normalized spacial score (nSPS) is 11.6. The molecule has 35 heavy (non-hydrogen) atoms. The van der Waals surface area contributed by atoms with E-state index in [9.17, 15) is 9.90 Å². The van der Waals surface area contributed by atoms with Gasteiger partial charge in [-0.2, -0.15) is 0 Å². The summed E-state index contributed by atoms with van der Waals surface area (Å²) in [5.41, 5.74) is 2.28. The van der Waals surface area contributed by atoms with Crippen molar-refractivity contribution in [1.29, 1.82) is 0 Å². The van der Waals surface area contributed by atoms with Gasteiger partial charge in [0.25, 0.3) is 0 Å². The van der Waals surface area contributed by atoms with Gasteiger partial charge in [0.05, 0.1) is 0 Å². The Labute approximate surface area is 208 Å². The van der Waals surface area contributed by atoms with Crippen LogP contribution >= 0.6 is 11.3 Å². The first-order chi connectivity index (χ1) is 17.1. The molecule has 0 bridgehead atoms. The Balaban J connectivity index is 1.80. The highest BCUT2D eigenvalue weighted by Crippen LogP contribution is 2.40. The van der Waals surface area contributed by atoms with Crippen LogP contribution in [0.25, 0.3) is 0 Å². The molecule has 1 aromatic heterocycles. The second kappa shape index (κ2) is 11.3. The lowest BCUT2D eigenvalue weighted by Crippen LogP contribution is -2.38. The molecule has 0 saturated heterocycles. The summed E-state index contributed by atoms with van der Waals surface area (Å²) in [4.78, 5) is 21.6. The van der Waals surface area contributed by atoms with Crippen LogP contribution in [-0.2, 0) is 15.2 Å². The van der Waals surface area contributed by atoms with E-state index in [1.54, 1.807) is 11.5 Å². The minimum Gasteiger partial charge on any atom is -0.476 e. The zero-order chi connectivity index (χ0) is 24.5. The molecule has 0 saturated carbocycles. The van der Waals surface area contributed by atoms with Crippen LogP contribution in [-0.4, -0.2) is 28.4 Å². The second-order valence-corrected chi connectivity index (χ2v) is 8.52. The van der Waals surface area contributed by atoms with Crippen LogP contribution in [0.5, 0.6) is 0 Å². The smallest absolute Gasteiger partial charge is 0.360 e. The number of rotatable bonds is 11. The number of anilines is 1. The van der Waals surface area contributed by atoms with Crippen LogP contribution in [0, 0.1) is 0 Å². The molecular weight excluding hydrogens is 458 g/mol. The van der Waals surface area contributed by atoms with Crippen molar-refractivity contribution < 1.29 is 14.7 Å². The minimum atomic E-state index is -1.21. The first-order valence-corrected chi connectivity index (χ1v) is 12.0. The lowest BCUT2D eigenvalue weighted by Gasteiger charge is -2.36. The summed E-state index contributed by atoms with van der Waals surface area (Å²) in [6.07, 6.45) is 2.24. The predicted octanol–water partition coefficient (Wildman–Crippen LogP) is 5.93. The number of hydrogen-bond acceptors (Lipinski definition) is 6. The third-order valence-corrected chi connectivity index (χ3v) is 6.19. The number of nitrogens with zero attached hydrogens (tertiary/aromatic N) is 2. The summed E-state index contributed by atoms with van der Waals surface area (Å²) in [7, 11) is 0. The van der Waals surface area contributed by atoms with E-state index in [1.165, 1.54) is 11.3 Å². The summed E-state index contributed by atoms with van der Waals surface area (Å²) in [5.74, 6) is -1.21. The highest BCUT2D eigenvalue weighted by Gasteiger charge is 2.37. The molecule has 0 atom stereocenters. The van der Waals surface area contributed by atoms with Crippen molar-refractivity contribution in [3.63, 3.8) is 0 Å². The molecule has 0 fully saturated rings. The maximum atomic E-state index is 11.8. The first-order valence-electron chi connectivity index (χ1n) is 11.1. The molecule has 0 spiro atoms. The van der Waals surface area contributed by atoms with Gasteiger partial charge >= 0.3 is 5.97 Å². The monoisotopic (exact) mass is 483 g/mol. The molecule has 0 unspecified atom stereocenters. The number of oxime groups is 1. The maximum absolute atomic E-state index is 11.8. The SMILES string of the molecule is C=CCCO/N=C(/C(=O)O)c1csc(NC(c2ccccc2)(c2ccccc2)c2ccccc2)n1. The fraction of sp³-hybridized carbons (Fsp3) is 0.107. The Morgan fingerprint density at radius 3 is 1.94 bits per heavy atom. The lowest BCUT2D eigenvalue weighted by molar-refractivity contribution is -0.129. The fourth-order valence-corrected chi connectivity index (χ4v) is 4.57. The molecule has 6 nitrogen and oxygen atoms in total. The van der Waals surface area contributed by atoms with Gasteiger partial charge in [0.15, 0.2) is 5.13 Å². The van der Waals surface area contributed by atoms with Crippen LogP contribution in [0.15, 0.2) is 114 Å². The summed E-state index contributed by atoms with van der Waals surface area (Å²) >= 11 is 1.31. The number of benzene rings is 3. The second-order valence-electron chi connectivity index (χ2n) is 7.67. The van der Waals surface area contributed by atoms with Crippen LogP contribution < -0.4 is 5.32 Å². The van der Waals surface area contributed by atoms with E-state index in [4.69, 9.17) is 4.84 Å². The molecule has 0 aliphatic heterocycles. The van der Waals surface area contributed by atoms with Crippen LogP contribution in [0.2, 0.25) is 0 Å². The van der Waals surface area contributed by atoms with Crippen molar-refractivity contribution in [2.45, 2.75) is 12.0 Å². The maximum Gasteiger partial charge on any atom is 0.360 e. The summed E-state index contributed by atoms with van der Waals surface area (Å²) in [6, 6.07) is 30.4. The summed E-state index contributed by atoms with van der Waals surface area (Å²) in [6.45, 7) is 3.86. The first kappa shape index (κ1) is 23.9. The average Bonchev–Trinajstić information content (AvgIpc) is 3.36. The molecule has 3 aromatic carbocycles. The van der Waals surface area contributed by atoms with E-state index in [0.717, 1.165) is 16.7 Å². The van der Waals surface area contributed by atoms with Gasteiger partial charge in [-0.25, -0.2) is 9.78 Å². The van der Waals surface area contributed by atoms with Crippen LogP contribution in [0.3, 0.4) is 0 Å². The third-order valence-electron chi connectivity index (χ3n) is 5.43. The van der Waals surface area contributed by atoms with Gasteiger partial charge in [0.1, 0.15) is 17.8 Å². The van der Waals surface area contributed by atoms with Crippen molar-refractivity contribution in [3.8, 4) is 0 Å². The highest BCUT2D eigenvalue weighted by molar-refractivity contribution is 7.14. The van der Waals surface area contributed by atoms with Gasteiger partial charge in [0, 0.05) is 11.8 Å². The molecule has 0 radical (unpaired) electrons. The molecule has 1 heterocycles. The molecule has 0 amide bonds. The van der Waals surface area contributed by atoms with Gasteiger partial charge in [-0.3, -0.25) is 0 Å². The lowest BCUT2D eigenvalue weighted by atomic mass is 9.77. The van der Waals surface area contributed by atoms with Crippen LogP contribution in [0.1, 0.15) is 28.8 Å². The molecule has 2 N–H and O–H groups in total. The van der Waals surface area contributed by atoms with E-state index in [0.29, 0.717) is 11.6 Å². The van der Waals surface area contributed by atoms with E-state index in [2.05, 4.69) is 58.4 Å². The quantitative estimate of drug-likeness (QED) is 0.0908. The largest absolute Gasteiger partial charge is 0.476 e. The Kier molecular flexibility index (Phi) is 7.70. The molecule has 176 valence electrons. The molecule has 4 aromatic rings. The Morgan fingerprint density at radius 2 is 1.49 bits per heavy atom. The number of carbonyl (C=O) groups is 1. The number of aliphatic carboxylic acids is 1. The number of hydrogen-bond donors (Lipinski definition) is 2. The molecule has 7 heteroatoms. The summed E-state index contributed by atoms with van der Waals surface area (Å²) in [5, 5.41) is 19.3. The number of thiazole rings is 1. The average molecular weight is 484 g/mol. The van der Waals surface area contributed by atoms with Gasteiger partial charge in [-0.1, -0.05) is 102 Å². The Bertz CT molecular complexity index is 1190. The summed E-state index contributed by atoms with van der Waals surface area (Å²) < 4.78 is 0.